The van der Waals surface area contributed by atoms with Crippen molar-refractivity contribution in [2.45, 2.75) is 25.7 Å². The molecule has 1 heterocycles. The first-order valence-corrected chi connectivity index (χ1v) is 8.09. The third-order valence-electron chi connectivity index (χ3n) is 3.05. The number of hydrogen-bond acceptors (Lipinski definition) is 2. The van der Waals surface area contributed by atoms with Gasteiger partial charge in [-0.15, -0.1) is 22.9 Å². The second kappa shape index (κ2) is 7.60. The van der Waals surface area contributed by atoms with Gasteiger partial charge in [-0.2, -0.15) is 0 Å². The van der Waals surface area contributed by atoms with Crippen molar-refractivity contribution in [3.8, 4) is 0 Å². The van der Waals surface area contributed by atoms with Crippen LogP contribution in [0.3, 0.4) is 0 Å². The van der Waals surface area contributed by atoms with Crippen molar-refractivity contribution in [2.24, 2.45) is 0 Å². The van der Waals surface area contributed by atoms with E-state index in [1.165, 1.54) is 23.5 Å². The molecule has 0 atom stereocenters. The molecule has 2 aromatic rings. The molecule has 1 aromatic carbocycles. The largest absolute Gasteiger partial charge is 0.351 e. The van der Waals surface area contributed by atoms with Gasteiger partial charge in [0.05, 0.1) is 4.88 Å². The highest BCUT2D eigenvalue weighted by Gasteiger charge is 2.10. The maximum Gasteiger partial charge on any atom is 0.261 e. The summed E-state index contributed by atoms with van der Waals surface area (Å²) >= 11 is 6.92. The summed E-state index contributed by atoms with van der Waals surface area (Å²) in [5.74, 6) is 0.347. The average molecular weight is 314 g/mol. The highest BCUT2D eigenvalue weighted by atomic mass is 35.5. The zero-order valence-electron chi connectivity index (χ0n) is 11.1. The molecule has 0 unspecified atom stereocenters. The monoisotopic (exact) mass is 313 g/mol. The van der Waals surface area contributed by atoms with Gasteiger partial charge in [0.25, 0.3) is 5.91 Å². The van der Waals surface area contributed by atoms with Crippen LogP contribution in [0.15, 0.2) is 24.3 Å². The number of carbonyl (C=O) groups excluding carboxylic acids is 1. The topological polar surface area (TPSA) is 29.1 Å². The van der Waals surface area contributed by atoms with Gasteiger partial charge in [0.1, 0.15) is 5.82 Å². The molecule has 0 saturated heterocycles. The molecule has 0 spiro atoms. The second-order valence-electron chi connectivity index (χ2n) is 4.65. The van der Waals surface area contributed by atoms with Crippen LogP contribution in [0.4, 0.5) is 4.39 Å². The van der Waals surface area contributed by atoms with Gasteiger partial charge in [-0.25, -0.2) is 4.39 Å². The van der Waals surface area contributed by atoms with Crippen LogP contribution < -0.4 is 5.32 Å². The molecule has 108 valence electrons. The van der Waals surface area contributed by atoms with Crippen LogP contribution in [0.5, 0.6) is 0 Å². The lowest BCUT2D eigenvalue weighted by atomic mass is 10.2. The quantitative estimate of drug-likeness (QED) is 0.589. The summed E-state index contributed by atoms with van der Waals surface area (Å²) in [6.45, 7) is 0.670. The average Bonchev–Trinajstić information content (AvgIpc) is 2.85. The molecule has 5 heteroatoms. The van der Waals surface area contributed by atoms with E-state index in [1.807, 2.05) is 6.07 Å². The number of benzene rings is 1. The number of alkyl halides is 1. The van der Waals surface area contributed by atoms with Crippen molar-refractivity contribution in [3.63, 3.8) is 0 Å². The minimum atomic E-state index is -0.273. The van der Waals surface area contributed by atoms with Gasteiger partial charge in [-0.3, -0.25) is 4.79 Å². The molecular formula is C15H17ClFNOS. The Morgan fingerprint density at radius 1 is 1.20 bits per heavy atom. The first kappa shape index (κ1) is 15.3. The molecule has 0 aliphatic rings. The first-order valence-electron chi connectivity index (χ1n) is 6.74. The zero-order valence-corrected chi connectivity index (χ0v) is 12.7. The number of hydrogen-bond donors (Lipinski definition) is 1. The van der Waals surface area contributed by atoms with Gasteiger partial charge in [0, 0.05) is 17.1 Å². The van der Waals surface area contributed by atoms with Crippen molar-refractivity contribution in [2.75, 3.05) is 12.4 Å². The normalized spacial score (nSPS) is 10.9. The molecular weight excluding hydrogens is 297 g/mol. The fourth-order valence-electron chi connectivity index (χ4n) is 1.98. The molecule has 0 radical (unpaired) electrons. The molecule has 0 bridgehead atoms. The summed E-state index contributed by atoms with van der Waals surface area (Å²) in [5.41, 5.74) is 0. The molecule has 0 saturated carbocycles. The van der Waals surface area contributed by atoms with Crippen LogP contribution >= 0.6 is 22.9 Å². The van der Waals surface area contributed by atoms with Crippen LogP contribution in [-0.4, -0.2) is 18.3 Å². The summed E-state index contributed by atoms with van der Waals surface area (Å²) in [6.07, 6.45) is 4.16. The predicted molar refractivity (Wildman–Crippen MR) is 83.3 cm³/mol. The summed E-state index contributed by atoms with van der Waals surface area (Å²) in [4.78, 5) is 12.6. The van der Waals surface area contributed by atoms with Crippen LogP contribution in [0, 0.1) is 5.82 Å². The van der Waals surface area contributed by atoms with Gasteiger partial charge in [-0.1, -0.05) is 18.9 Å². The van der Waals surface area contributed by atoms with Gasteiger partial charge in [-0.05, 0) is 36.4 Å². The Labute approximate surface area is 126 Å². The van der Waals surface area contributed by atoms with E-state index in [9.17, 15) is 9.18 Å². The highest BCUT2D eigenvalue weighted by molar-refractivity contribution is 7.20. The van der Waals surface area contributed by atoms with Crippen LogP contribution in [0.2, 0.25) is 0 Å². The van der Waals surface area contributed by atoms with Crippen molar-refractivity contribution in [1.82, 2.24) is 5.32 Å². The number of carbonyl (C=O) groups is 1. The Morgan fingerprint density at radius 3 is 2.80 bits per heavy atom. The van der Waals surface area contributed by atoms with E-state index in [-0.39, 0.29) is 11.7 Å². The lowest BCUT2D eigenvalue weighted by Gasteiger charge is -2.02. The summed E-state index contributed by atoms with van der Waals surface area (Å²) in [7, 11) is 0. The third kappa shape index (κ3) is 4.18. The lowest BCUT2D eigenvalue weighted by Crippen LogP contribution is -2.23. The van der Waals surface area contributed by atoms with E-state index in [1.54, 1.807) is 6.07 Å². The molecule has 2 nitrogen and oxygen atoms in total. The zero-order chi connectivity index (χ0) is 14.4. The Morgan fingerprint density at radius 2 is 2.00 bits per heavy atom. The van der Waals surface area contributed by atoms with Gasteiger partial charge < -0.3 is 5.32 Å². The van der Waals surface area contributed by atoms with Crippen LogP contribution in [0.25, 0.3) is 10.1 Å². The SMILES string of the molecule is O=C(NCCCCCCCl)c1cc2ccc(F)cc2s1. The number of unbranched alkanes of at least 4 members (excludes halogenated alkanes) is 3. The smallest absolute Gasteiger partial charge is 0.261 e. The van der Waals surface area contributed by atoms with E-state index in [2.05, 4.69) is 5.32 Å². The highest BCUT2D eigenvalue weighted by Crippen LogP contribution is 2.26. The minimum absolute atomic E-state index is 0.0797. The molecule has 2 rings (SSSR count). The van der Waals surface area contributed by atoms with Crippen molar-refractivity contribution in [3.05, 3.63) is 35.0 Å². The lowest BCUT2D eigenvalue weighted by molar-refractivity contribution is 0.0957. The molecule has 0 aliphatic heterocycles. The number of thiophene rings is 1. The van der Waals surface area contributed by atoms with E-state index < -0.39 is 0 Å². The Kier molecular flexibility index (Phi) is 5.80. The molecule has 1 N–H and O–H groups in total. The molecule has 0 aliphatic carbocycles. The number of nitrogens with one attached hydrogen (secondary N) is 1. The van der Waals surface area contributed by atoms with Crippen LogP contribution in [0.1, 0.15) is 35.4 Å². The van der Waals surface area contributed by atoms with Gasteiger partial charge in [0.2, 0.25) is 0 Å². The van der Waals surface area contributed by atoms with E-state index in [4.69, 9.17) is 11.6 Å². The van der Waals surface area contributed by atoms with Crippen molar-refractivity contribution >= 4 is 38.9 Å². The summed E-state index contributed by atoms with van der Waals surface area (Å²) in [6, 6.07) is 6.38. The van der Waals surface area contributed by atoms with Crippen LogP contribution in [-0.2, 0) is 0 Å². The Bertz CT molecular complexity index is 584. The van der Waals surface area contributed by atoms with Crippen molar-refractivity contribution in [1.29, 1.82) is 0 Å². The maximum absolute atomic E-state index is 13.1. The van der Waals surface area contributed by atoms with E-state index in [0.717, 1.165) is 35.8 Å². The predicted octanol–water partition coefficient (Wildman–Crippen LogP) is 4.57. The maximum atomic E-state index is 13.1. The fourth-order valence-corrected chi connectivity index (χ4v) is 3.17. The van der Waals surface area contributed by atoms with Crippen molar-refractivity contribution < 1.29 is 9.18 Å². The molecule has 0 fully saturated rings. The number of halogens is 2. The number of rotatable bonds is 7. The Balaban J connectivity index is 1.85. The molecule has 1 amide bonds. The molecule has 20 heavy (non-hydrogen) atoms. The fraction of sp³-hybridized carbons (Fsp3) is 0.400. The first-order chi connectivity index (χ1) is 9.70. The summed E-state index contributed by atoms with van der Waals surface area (Å²) < 4.78 is 13.9. The minimum Gasteiger partial charge on any atom is -0.351 e. The van der Waals surface area contributed by atoms with Gasteiger partial charge in [0.15, 0.2) is 0 Å². The number of amides is 1. The third-order valence-corrected chi connectivity index (χ3v) is 4.42. The second-order valence-corrected chi connectivity index (χ2v) is 6.11. The van der Waals surface area contributed by atoms with E-state index in [0.29, 0.717) is 17.3 Å². The number of fused-ring (bicyclic) bond motifs is 1. The Hall–Kier alpha value is -1.13. The summed E-state index contributed by atoms with van der Waals surface area (Å²) in [5, 5.41) is 3.80. The molecule has 1 aromatic heterocycles. The van der Waals surface area contributed by atoms with Gasteiger partial charge >= 0.3 is 0 Å². The standard InChI is InChI=1S/C15H17ClFNOS/c16-7-3-1-2-4-8-18-15(19)14-9-11-5-6-12(17)10-13(11)20-14/h5-6,9-10H,1-4,7-8H2,(H,18,19). The van der Waals surface area contributed by atoms with E-state index >= 15 is 0 Å².